The van der Waals surface area contributed by atoms with Gasteiger partial charge in [0, 0.05) is 19.0 Å². The predicted octanol–water partition coefficient (Wildman–Crippen LogP) is 4.05. The first-order valence-corrected chi connectivity index (χ1v) is 11.2. The van der Waals surface area contributed by atoms with Gasteiger partial charge in [-0.3, -0.25) is 14.9 Å². The standard InChI is InChI=1S/C23H22N2O5S/c26-21(23(18-10-3-1-4-11-18)19-12-5-2-6-13-19)15-9-17-24-31(29,30)22-16-8-7-14-20(22)25(27)28/h1-8,10-14,16,23-24H,9,15,17H2. The molecule has 0 aliphatic carbocycles. The van der Waals surface area contributed by atoms with Crippen molar-refractivity contribution in [2.24, 2.45) is 0 Å². The molecule has 0 aliphatic rings. The first-order chi connectivity index (χ1) is 14.9. The molecule has 3 aromatic carbocycles. The second kappa shape index (κ2) is 10.1. The number of Topliss-reactive ketones (excluding diaryl/α,β-unsaturated/α-hetero) is 1. The number of carbonyl (C=O) groups excluding carboxylic acids is 1. The van der Waals surface area contributed by atoms with Crippen LogP contribution in [-0.2, 0) is 14.8 Å². The summed E-state index contributed by atoms with van der Waals surface area (Å²) in [7, 11) is -4.06. The summed E-state index contributed by atoms with van der Waals surface area (Å²) in [6.07, 6.45) is 0.433. The minimum atomic E-state index is -4.06. The maximum atomic E-state index is 13.0. The Morgan fingerprint density at radius 2 is 1.39 bits per heavy atom. The molecule has 0 radical (unpaired) electrons. The summed E-state index contributed by atoms with van der Waals surface area (Å²) < 4.78 is 27.3. The molecule has 0 fully saturated rings. The number of nitro groups is 1. The monoisotopic (exact) mass is 438 g/mol. The number of nitrogens with zero attached hydrogens (tertiary/aromatic N) is 1. The number of benzene rings is 3. The Labute approximate surface area is 180 Å². The minimum Gasteiger partial charge on any atom is -0.299 e. The molecule has 0 aromatic heterocycles. The van der Waals surface area contributed by atoms with Gasteiger partial charge in [0.2, 0.25) is 10.0 Å². The third-order valence-corrected chi connectivity index (χ3v) is 6.34. The zero-order valence-electron chi connectivity index (χ0n) is 16.7. The van der Waals surface area contributed by atoms with Crippen molar-refractivity contribution in [3.63, 3.8) is 0 Å². The highest BCUT2D eigenvalue weighted by Gasteiger charge is 2.25. The fourth-order valence-electron chi connectivity index (χ4n) is 3.38. The molecule has 0 unspecified atom stereocenters. The Morgan fingerprint density at radius 1 is 0.871 bits per heavy atom. The van der Waals surface area contributed by atoms with E-state index in [9.17, 15) is 23.3 Å². The molecule has 0 heterocycles. The van der Waals surface area contributed by atoms with E-state index >= 15 is 0 Å². The summed E-state index contributed by atoms with van der Waals surface area (Å²) in [5, 5.41) is 11.1. The summed E-state index contributed by atoms with van der Waals surface area (Å²) in [6.45, 7) is -0.00355. The number of hydrogen-bond donors (Lipinski definition) is 1. The van der Waals surface area contributed by atoms with E-state index in [1.165, 1.54) is 18.2 Å². The molecule has 8 heteroatoms. The van der Waals surface area contributed by atoms with Gasteiger partial charge in [0.1, 0.15) is 5.78 Å². The van der Waals surface area contributed by atoms with E-state index in [0.29, 0.717) is 0 Å². The Morgan fingerprint density at radius 3 is 1.94 bits per heavy atom. The van der Waals surface area contributed by atoms with Crippen LogP contribution in [-0.4, -0.2) is 25.7 Å². The molecule has 0 amide bonds. The molecular formula is C23H22N2O5S. The zero-order chi connectivity index (χ0) is 22.3. The van der Waals surface area contributed by atoms with Crippen molar-refractivity contribution in [3.8, 4) is 0 Å². The van der Waals surface area contributed by atoms with Crippen LogP contribution in [0.4, 0.5) is 5.69 Å². The van der Waals surface area contributed by atoms with Gasteiger partial charge in [-0.15, -0.1) is 0 Å². The molecule has 160 valence electrons. The van der Waals surface area contributed by atoms with Crippen molar-refractivity contribution in [3.05, 3.63) is 106 Å². The normalized spacial score (nSPS) is 11.4. The number of rotatable bonds is 10. The van der Waals surface area contributed by atoms with Gasteiger partial charge in [-0.25, -0.2) is 13.1 Å². The number of nitro benzene ring substituents is 1. The summed E-state index contributed by atoms with van der Waals surface area (Å²) in [5.41, 5.74) is 1.26. The minimum absolute atomic E-state index is 0.00355. The lowest BCUT2D eigenvalue weighted by Gasteiger charge is -2.17. The third-order valence-electron chi connectivity index (χ3n) is 4.83. The maximum Gasteiger partial charge on any atom is 0.289 e. The van der Waals surface area contributed by atoms with Gasteiger partial charge in [-0.1, -0.05) is 72.8 Å². The van der Waals surface area contributed by atoms with E-state index in [-0.39, 0.29) is 25.2 Å². The smallest absolute Gasteiger partial charge is 0.289 e. The Balaban J connectivity index is 1.67. The fourth-order valence-corrected chi connectivity index (χ4v) is 4.63. The highest BCUT2D eigenvalue weighted by atomic mass is 32.2. The van der Waals surface area contributed by atoms with Crippen LogP contribution in [0.1, 0.15) is 29.9 Å². The van der Waals surface area contributed by atoms with Crippen LogP contribution >= 0.6 is 0 Å². The highest BCUT2D eigenvalue weighted by molar-refractivity contribution is 7.89. The van der Waals surface area contributed by atoms with Crippen LogP contribution in [0.2, 0.25) is 0 Å². The molecular weight excluding hydrogens is 416 g/mol. The van der Waals surface area contributed by atoms with Crippen LogP contribution < -0.4 is 4.72 Å². The van der Waals surface area contributed by atoms with Crippen molar-refractivity contribution in [1.82, 2.24) is 4.72 Å². The van der Waals surface area contributed by atoms with E-state index < -0.39 is 31.4 Å². The first-order valence-electron chi connectivity index (χ1n) is 9.76. The second-order valence-electron chi connectivity index (χ2n) is 6.95. The van der Waals surface area contributed by atoms with Crippen molar-refractivity contribution < 1.29 is 18.1 Å². The van der Waals surface area contributed by atoms with E-state index in [1.54, 1.807) is 0 Å². The van der Waals surface area contributed by atoms with Gasteiger partial charge >= 0.3 is 0 Å². The molecule has 31 heavy (non-hydrogen) atoms. The zero-order valence-corrected chi connectivity index (χ0v) is 17.5. The lowest BCUT2D eigenvalue weighted by molar-refractivity contribution is -0.387. The van der Waals surface area contributed by atoms with Gasteiger partial charge in [0.25, 0.3) is 5.69 Å². The topological polar surface area (TPSA) is 106 Å². The fraction of sp³-hybridized carbons (Fsp3) is 0.174. The molecule has 0 aliphatic heterocycles. The van der Waals surface area contributed by atoms with Crippen molar-refractivity contribution >= 4 is 21.5 Å². The Hall–Kier alpha value is -3.36. The molecule has 7 nitrogen and oxygen atoms in total. The van der Waals surface area contributed by atoms with E-state index in [4.69, 9.17) is 0 Å². The van der Waals surface area contributed by atoms with Crippen LogP contribution in [0.3, 0.4) is 0 Å². The van der Waals surface area contributed by atoms with Crippen LogP contribution in [0.25, 0.3) is 0 Å². The average Bonchev–Trinajstić information content (AvgIpc) is 2.78. The van der Waals surface area contributed by atoms with E-state index in [2.05, 4.69) is 4.72 Å². The number of hydrogen-bond acceptors (Lipinski definition) is 5. The SMILES string of the molecule is O=C(CCCNS(=O)(=O)c1ccccc1[N+](=O)[O-])C(c1ccccc1)c1ccccc1. The summed E-state index contributed by atoms with van der Waals surface area (Å²) in [4.78, 5) is 23.0. The Kier molecular flexibility index (Phi) is 7.28. The Bertz CT molecular complexity index is 1110. The largest absolute Gasteiger partial charge is 0.299 e. The molecule has 0 atom stereocenters. The highest BCUT2D eigenvalue weighted by Crippen LogP contribution is 2.27. The predicted molar refractivity (Wildman–Crippen MR) is 117 cm³/mol. The molecule has 0 saturated heterocycles. The first kappa shape index (κ1) is 22.3. The molecule has 0 bridgehead atoms. The van der Waals surface area contributed by atoms with Crippen molar-refractivity contribution in [1.29, 1.82) is 0 Å². The molecule has 1 N–H and O–H groups in total. The van der Waals surface area contributed by atoms with Gasteiger partial charge in [-0.05, 0) is 23.6 Å². The molecule has 0 spiro atoms. The van der Waals surface area contributed by atoms with Gasteiger partial charge < -0.3 is 0 Å². The van der Waals surface area contributed by atoms with Gasteiger partial charge in [-0.2, -0.15) is 0 Å². The van der Waals surface area contributed by atoms with Crippen LogP contribution in [0.15, 0.2) is 89.8 Å². The number of para-hydroxylation sites is 1. The summed E-state index contributed by atoms with van der Waals surface area (Å²) >= 11 is 0. The lowest BCUT2D eigenvalue weighted by atomic mass is 9.86. The summed E-state index contributed by atoms with van der Waals surface area (Å²) in [6, 6.07) is 24.0. The lowest BCUT2D eigenvalue weighted by Crippen LogP contribution is -2.26. The molecule has 3 rings (SSSR count). The quantitative estimate of drug-likeness (QED) is 0.292. The molecule has 3 aromatic rings. The second-order valence-corrected chi connectivity index (χ2v) is 8.68. The van der Waals surface area contributed by atoms with Gasteiger partial charge in [0.15, 0.2) is 4.90 Å². The number of carbonyl (C=O) groups is 1. The van der Waals surface area contributed by atoms with Gasteiger partial charge in [0.05, 0.1) is 10.8 Å². The maximum absolute atomic E-state index is 13.0. The van der Waals surface area contributed by atoms with Crippen LogP contribution in [0, 0.1) is 10.1 Å². The number of nitrogens with one attached hydrogen (secondary N) is 1. The van der Waals surface area contributed by atoms with Crippen LogP contribution in [0.5, 0.6) is 0 Å². The summed E-state index contributed by atoms with van der Waals surface area (Å²) in [5.74, 6) is -0.462. The third kappa shape index (κ3) is 5.62. The molecule has 0 saturated carbocycles. The number of ketones is 1. The average molecular weight is 439 g/mol. The van der Waals surface area contributed by atoms with E-state index in [1.807, 2.05) is 60.7 Å². The van der Waals surface area contributed by atoms with E-state index in [0.717, 1.165) is 17.2 Å². The number of sulfonamides is 1. The van der Waals surface area contributed by atoms with Crippen molar-refractivity contribution in [2.45, 2.75) is 23.7 Å². The van der Waals surface area contributed by atoms with Crippen molar-refractivity contribution in [2.75, 3.05) is 6.54 Å².